The number of amides is 2. The molecule has 0 aliphatic rings. The summed E-state index contributed by atoms with van der Waals surface area (Å²) in [6, 6.07) is 1.71. The van der Waals surface area contributed by atoms with Crippen LogP contribution in [0.15, 0.2) is 18.2 Å². The molecule has 1 atom stereocenters. The average molecular weight is 283 g/mol. The number of carbonyl (C=O) groups excluding carboxylic acids is 1. The Morgan fingerprint density at radius 3 is 2.45 bits per heavy atom. The van der Waals surface area contributed by atoms with Crippen molar-refractivity contribution in [1.82, 2.24) is 5.32 Å². The molecule has 0 saturated heterocycles. The maximum Gasteiger partial charge on any atom is 0.339 e. The van der Waals surface area contributed by atoms with Crippen LogP contribution in [-0.4, -0.2) is 45.9 Å². The molecular formula is C11H13N3O6. The zero-order valence-electron chi connectivity index (χ0n) is 10.2. The van der Waals surface area contributed by atoms with E-state index in [2.05, 4.69) is 10.6 Å². The highest BCUT2D eigenvalue weighted by molar-refractivity contribution is 5.97. The molecule has 9 heteroatoms. The van der Waals surface area contributed by atoms with Crippen molar-refractivity contribution >= 4 is 23.7 Å². The fourth-order valence-corrected chi connectivity index (χ4v) is 1.27. The normalized spacial score (nSPS) is 11.4. The number of anilines is 1. The van der Waals surface area contributed by atoms with Gasteiger partial charge in [-0.25, -0.2) is 9.59 Å². The Labute approximate surface area is 113 Å². The zero-order valence-corrected chi connectivity index (χ0v) is 10.2. The van der Waals surface area contributed by atoms with Crippen molar-refractivity contribution in [1.29, 1.82) is 0 Å². The van der Waals surface area contributed by atoms with Gasteiger partial charge < -0.3 is 31.7 Å². The molecule has 0 fully saturated rings. The van der Waals surface area contributed by atoms with Gasteiger partial charge in [0.1, 0.15) is 11.6 Å². The van der Waals surface area contributed by atoms with Crippen molar-refractivity contribution in [3.63, 3.8) is 0 Å². The third-order valence-electron chi connectivity index (χ3n) is 2.31. The first-order valence-corrected chi connectivity index (χ1v) is 5.41. The molecule has 0 aromatic heterocycles. The largest absolute Gasteiger partial charge is 0.505 e. The molecule has 9 nitrogen and oxygen atoms in total. The van der Waals surface area contributed by atoms with Crippen molar-refractivity contribution in [2.45, 2.75) is 6.04 Å². The quantitative estimate of drug-likeness (QED) is 0.401. The first kappa shape index (κ1) is 15.2. The summed E-state index contributed by atoms with van der Waals surface area (Å²) in [5, 5.41) is 31.3. The Balaban J connectivity index is 2.69. The van der Waals surface area contributed by atoms with Crippen LogP contribution < -0.4 is 16.4 Å². The van der Waals surface area contributed by atoms with Crippen LogP contribution in [0.25, 0.3) is 0 Å². The number of carboxylic acids is 2. The summed E-state index contributed by atoms with van der Waals surface area (Å²) < 4.78 is 0. The molecule has 20 heavy (non-hydrogen) atoms. The van der Waals surface area contributed by atoms with Crippen LogP contribution in [0.1, 0.15) is 10.4 Å². The number of nitrogens with two attached hydrogens (primary N) is 1. The smallest absolute Gasteiger partial charge is 0.339 e. The van der Waals surface area contributed by atoms with E-state index in [0.717, 1.165) is 0 Å². The number of aromatic hydroxyl groups is 1. The summed E-state index contributed by atoms with van der Waals surface area (Å²) in [5.74, 6) is -3.22. The number of rotatable bonds is 5. The van der Waals surface area contributed by atoms with Gasteiger partial charge in [-0.1, -0.05) is 6.07 Å². The van der Waals surface area contributed by atoms with Gasteiger partial charge in [-0.3, -0.25) is 4.79 Å². The van der Waals surface area contributed by atoms with E-state index < -0.39 is 29.8 Å². The second kappa shape index (κ2) is 6.38. The second-order valence-electron chi connectivity index (χ2n) is 3.79. The highest BCUT2D eigenvalue weighted by Crippen LogP contribution is 2.27. The van der Waals surface area contributed by atoms with E-state index in [1.54, 1.807) is 0 Å². The van der Waals surface area contributed by atoms with Gasteiger partial charge in [0, 0.05) is 6.54 Å². The first-order chi connectivity index (χ1) is 9.32. The Bertz CT molecular complexity index is 545. The van der Waals surface area contributed by atoms with E-state index in [0.29, 0.717) is 0 Å². The number of para-hydroxylation sites is 1. The van der Waals surface area contributed by atoms with E-state index in [4.69, 9.17) is 15.9 Å². The molecule has 1 aromatic rings. The van der Waals surface area contributed by atoms with E-state index >= 15 is 0 Å². The lowest BCUT2D eigenvalue weighted by atomic mass is 10.1. The van der Waals surface area contributed by atoms with Crippen LogP contribution in [0.5, 0.6) is 5.75 Å². The molecular weight excluding hydrogens is 270 g/mol. The predicted molar refractivity (Wildman–Crippen MR) is 67.7 cm³/mol. The van der Waals surface area contributed by atoms with Crippen molar-refractivity contribution in [3.05, 3.63) is 23.8 Å². The number of hydrogen-bond donors (Lipinski definition) is 6. The van der Waals surface area contributed by atoms with Crippen LogP contribution >= 0.6 is 0 Å². The van der Waals surface area contributed by atoms with Crippen LogP contribution in [0, 0.1) is 0 Å². The zero-order chi connectivity index (χ0) is 15.3. The number of carbonyl (C=O) groups is 3. The maximum atomic E-state index is 11.4. The average Bonchev–Trinajstić information content (AvgIpc) is 2.37. The topological polar surface area (TPSA) is 162 Å². The number of hydrogen-bond acceptors (Lipinski definition) is 5. The Kier molecular flexibility index (Phi) is 4.87. The Morgan fingerprint density at radius 2 is 1.90 bits per heavy atom. The van der Waals surface area contributed by atoms with Gasteiger partial charge in [0.15, 0.2) is 5.75 Å². The van der Waals surface area contributed by atoms with Gasteiger partial charge in [0.05, 0.1) is 5.69 Å². The maximum absolute atomic E-state index is 11.4. The molecule has 0 aliphatic heterocycles. The van der Waals surface area contributed by atoms with Gasteiger partial charge in [0.25, 0.3) is 0 Å². The van der Waals surface area contributed by atoms with E-state index in [9.17, 15) is 19.5 Å². The lowest BCUT2D eigenvalue weighted by molar-refractivity contribution is -0.138. The fraction of sp³-hybridized carbons (Fsp3) is 0.182. The van der Waals surface area contributed by atoms with Crippen molar-refractivity contribution in [2.75, 3.05) is 11.9 Å². The first-order valence-electron chi connectivity index (χ1n) is 5.41. The molecule has 0 radical (unpaired) electrons. The second-order valence-corrected chi connectivity index (χ2v) is 3.79. The van der Waals surface area contributed by atoms with Crippen molar-refractivity contribution < 1.29 is 29.7 Å². The SMILES string of the molecule is NC(CNC(=O)Nc1cccc(C(=O)O)c1O)C(=O)O. The van der Waals surface area contributed by atoms with Crippen LogP contribution in [0.4, 0.5) is 10.5 Å². The molecule has 0 spiro atoms. The molecule has 0 aliphatic carbocycles. The molecule has 1 rings (SSSR count). The number of phenols is 1. The van der Waals surface area contributed by atoms with Gasteiger partial charge in [-0.2, -0.15) is 0 Å². The van der Waals surface area contributed by atoms with Crippen molar-refractivity contribution in [2.24, 2.45) is 5.73 Å². The van der Waals surface area contributed by atoms with Gasteiger partial charge in [-0.05, 0) is 12.1 Å². The summed E-state index contributed by atoms with van der Waals surface area (Å²) >= 11 is 0. The van der Waals surface area contributed by atoms with Gasteiger partial charge >= 0.3 is 18.0 Å². The summed E-state index contributed by atoms with van der Waals surface area (Å²) in [5.41, 5.74) is 4.69. The van der Waals surface area contributed by atoms with Gasteiger partial charge in [-0.15, -0.1) is 0 Å². The monoisotopic (exact) mass is 283 g/mol. The third kappa shape index (κ3) is 3.85. The number of aliphatic carboxylic acids is 1. The van der Waals surface area contributed by atoms with E-state index in [1.165, 1.54) is 18.2 Å². The lowest BCUT2D eigenvalue weighted by Crippen LogP contribution is -2.43. The number of nitrogens with one attached hydrogen (secondary N) is 2. The summed E-state index contributed by atoms with van der Waals surface area (Å²) in [4.78, 5) is 32.7. The van der Waals surface area contributed by atoms with Gasteiger partial charge in [0.2, 0.25) is 0 Å². The molecule has 0 bridgehead atoms. The van der Waals surface area contributed by atoms with Crippen LogP contribution in [0.3, 0.4) is 0 Å². The lowest BCUT2D eigenvalue weighted by Gasteiger charge is -2.11. The fourth-order valence-electron chi connectivity index (χ4n) is 1.27. The van der Waals surface area contributed by atoms with Crippen LogP contribution in [-0.2, 0) is 4.79 Å². The minimum atomic E-state index is -1.35. The molecule has 108 valence electrons. The minimum Gasteiger partial charge on any atom is -0.505 e. The number of benzene rings is 1. The van der Waals surface area contributed by atoms with E-state index in [1.807, 2.05) is 0 Å². The molecule has 2 amide bonds. The van der Waals surface area contributed by atoms with E-state index in [-0.39, 0.29) is 17.8 Å². The summed E-state index contributed by atoms with van der Waals surface area (Å²) in [6.07, 6.45) is 0. The summed E-state index contributed by atoms with van der Waals surface area (Å²) in [7, 11) is 0. The third-order valence-corrected chi connectivity index (χ3v) is 2.31. The summed E-state index contributed by atoms with van der Waals surface area (Å²) in [6.45, 7) is -0.319. The minimum absolute atomic E-state index is 0.119. The Morgan fingerprint density at radius 1 is 1.25 bits per heavy atom. The number of carboxylic acid groups (broad SMARTS) is 2. The highest BCUT2D eigenvalue weighted by Gasteiger charge is 2.16. The number of aromatic carboxylic acids is 1. The molecule has 7 N–H and O–H groups in total. The molecule has 0 heterocycles. The highest BCUT2D eigenvalue weighted by atomic mass is 16.4. The predicted octanol–water partition coefficient (Wildman–Crippen LogP) is -0.376. The molecule has 1 aromatic carbocycles. The van der Waals surface area contributed by atoms with Crippen LogP contribution in [0.2, 0.25) is 0 Å². The number of urea groups is 1. The molecule has 1 unspecified atom stereocenters. The standard InChI is InChI=1S/C11H13N3O6/c12-6(10(18)19)4-13-11(20)14-7-3-1-2-5(8(7)15)9(16)17/h1-3,6,15H,4,12H2,(H,16,17)(H,18,19)(H2,13,14,20). The molecule has 0 saturated carbocycles. The van der Waals surface area contributed by atoms with Crippen molar-refractivity contribution in [3.8, 4) is 5.75 Å². The Hall–Kier alpha value is -2.81.